The van der Waals surface area contributed by atoms with Crippen LogP contribution in [0, 0.1) is 0 Å². The molecule has 0 aromatic carbocycles. The molecule has 0 aromatic heterocycles. The van der Waals surface area contributed by atoms with Crippen molar-refractivity contribution in [3.8, 4) is 0 Å². The molecule has 1 N–H and O–H groups in total. The van der Waals surface area contributed by atoms with Crippen LogP contribution in [0.1, 0.15) is 55.4 Å². The van der Waals surface area contributed by atoms with E-state index in [1.165, 1.54) is 0 Å². The second-order valence-electron chi connectivity index (χ2n) is 7.18. The number of hydrogen-bond acceptors (Lipinski definition) is 1. The van der Waals surface area contributed by atoms with E-state index in [-0.39, 0.29) is 10.1 Å². The first-order chi connectivity index (χ1) is 5.75. The zero-order valence-electron chi connectivity index (χ0n) is 11.4. The van der Waals surface area contributed by atoms with Crippen LogP contribution in [-0.4, -0.2) is 18.4 Å². The molecule has 0 saturated carbocycles. The quantitative estimate of drug-likeness (QED) is 0.658. The summed E-state index contributed by atoms with van der Waals surface area (Å²) in [5.41, 5.74) is 0. The molecule has 0 radical (unpaired) electrons. The molecule has 1 nitrogen and oxygen atoms in total. The fourth-order valence-electron chi connectivity index (χ4n) is 2.96. The highest BCUT2D eigenvalue weighted by molar-refractivity contribution is 6.86. The summed E-state index contributed by atoms with van der Waals surface area (Å²) in [6.07, 6.45) is 0. The van der Waals surface area contributed by atoms with Crippen LogP contribution in [0.2, 0.25) is 16.6 Å². The molecule has 0 aliphatic rings. The molecule has 0 aliphatic carbocycles. The van der Waals surface area contributed by atoms with Crippen molar-refractivity contribution in [1.29, 1.82) is 0 Å². The molecule has 0 amide bonds. The van der Waals surface area contributed by atoms with Crippen molar-refractivity contribution < 1.29 is 5.11 Å². The zero-order chi connectivity index (χ0) is 12.0. The van der Waals surface area contributed by atoms with E-state index < -0.39 is 13.3 Å². The molecule has 0 heterocycles. The third-order valence-corrected chi connectivity index (χ3v) is 12.7. The van der Waals surface area contributed by atoms with Gasteiger partial charge in [-0.3, -0.25) is 0 Å². The highest BCUT2D eigenvalue weighted by Crippen LogP contribution is 2.55. The van der Waals surface area contributed by atoms with E-state index in [0.29, 0.717) is 0 Å². The van der Waals surface area contributed by atoms with Gasteiger partial charge in [0.05, 0.1) is 13.3 Å². The van der Waals surface area contributed by atoms with Gasteiger partial charge in [-0.05, 0) is 23.9 Å². The summed E-state index contributed by atoms with van der Waals surface area (Å²) in [6, 6.07) is 0. The molecular formula is C12H28OSi. The maximum Gasteiger partial charge on any atom is 0.0979 e. The molecule has 0 aromatic rings. The average molecular weight is 216 g/mol. The Kier molecular flexibility index (Phi) is 3.38. The Morgan fingerprint density at radius 2 is 0.929 bits per heavy atom. The third kappa shape index (κ3) is 2.06. The van der Waals surface area contributed by atoms with Gasteiger partial charge in [0.25, 0.3) is 0 Å². The fraction of sp³-hybridized carbons (Fsp3) is 1.00. The number of aliphatic hydroxyl groups is 1. The molecule has 0 fully saturated rings. The van der Waals surface area contributed by atoms with Crippen LogP contribution in [-0.2, 0) is 0 Å². The Hall–Kier alpha value is 0.177. The average Bonchev–Trinajstić information content (AvgIpc) is 1.77. The monoisotopic (exact) mass is 216 g/mol. The van der Waals surface area contributed by atoms with Gasteiger partial charge < -0.3 is 5.11 Å². The van der Waals surface area contributed by atoms with Crippen LogP contribution in [0.15, 0.2) is 0 Å². The van der Waals surface area contributed by atoms with Gasteiger partial charge in [-0.1, -0.05) is 48.1 Å². The van der Waals surface area contributed by atoms with Gasteiger partial charge in [-0.25, -0.2) is 0 Å². The summed E-state index contributed by atoms with van der Waals surface area (Å²) in [5, 5.41) is 10.4. The Morgan fingerprint density at radius 1 is 0.714 bits per heavy atom. The third-order valence-electron chi connectivity index (χ3n) is 4.22. The van der Waals surface area contributed by atoms with E-state index in [2.05, 4.69) is 48.1 Å². The largest absolute Gasteiger partial charge is 0.394 e. The molecular weight excluding hydrogens is 188 g/mol. The van der Waals surface area contributed by atoms with Crippen molar-refractivity contribution >= 4 is 8.07 Å². The van der Waals surface area contributed by atoms with Crippen LogP contribution in [0.4, 0.5) is 0 Å². The first kappa shape index (κ1) is 14.2. The maximum absolute atomic E-state index is 10.5. The topological polar surface area (TPSA) is 20.2 Å². The van der Waals surface area contributed by atoms with E-state index in [9.17, 15) is 5.11 Å². The molecule has 2 heteroatoms. The lowest BCUT2D eigenvalue weighted by Crippen LogP contribution is -2.64. The Bertz CT molecular complexity index is 164. The van der Waals surface area contributed by atoms with Crippen LogP contribution >= 0.6 is 0 Å². The summed E-state index contributed by atoms with van der Waals surface area (Å²) < 4.78 is 0. The van der Waals surface area contributed by atoms with Gasteiger partial charge in [0.2, 0.25) is 0 Å². The molecule has 0 rings (SSSR count). The predicted octanol–water partition coefficient (Wildman–Crippen LogP) is 3.98. The van der Waals surface area contributed by atoms with Crippen LogP contribution in [0.3, 0.4) is 0 Å². The van der Waals surface area contributed by atoms with Gasteiger partial charge in [-0.15, -0.1) is 0 Å². The molecule has 0 spiro atoms. The van der Waals surface area contributed by atoms with E-state index in [0.717, 1.165) is 0 Å². The summed E-state index contributed by atoms with van der Waals surface area (Å²) in [7, 11) is -1.80. The molecule has 0 unspecified atom stereocenters. The van der Waals surface area contributed by atoms with E-state index in [1.807, 2.05) is 13.8 Å². The Morgan fingerprint density at radius 3 is 0.929 bits per heavy atom. The van der Waals surface area contributed by atoms with Crippen molar-refractivity contribution in [1.82, 2.24) is 0 Å². The normalized spacial score (nSPS) is 15.9. The van der Waals surface area contributed by atoms with Gasteiger partial charge in [-0.2, -0.15) is 0 Å². The SMILES string of the molecule is CC(C)(C)[Si](C)(C(C)(C)C)C(C)(C)O. The van der Waals surface area contributed by atoms with Crippen LogP contribution in [0.25, 0.3) is 0 Å². The minimum atomic E-state index is -1.80. The zero-order valence-corrected chi connectivity index (χ0v) is 12.4. The lowest BCUT2D eigenvalue weighted by molar-refractivity contribution is 0.144. The van der Waals surface area contributed by atoms with Crippen molar-refractivity contribution in [3.05, 3.63) is 0 Å². The maximum atomic E-state index is 10.5. The summed E-state index contributed by atoms with van der Waals surface area (Å²) in [4.78, 5) is 0. The molecule has 14 heavy (non-hydrogen) atoms. The second-order valence-corrected chi connectivity index (χ2v) is 13.7. The summed E-state index contributed by atoms with van der Waals surface area (Å²) in [6.45, 7) is 19.9. The highest BCUT2D eigenvalue weighted by Gasteiger charge is 2.57. The van der Waals surface area contributed by atoms with Gasteiger partial charge in [0, 0.05) is 0 Å². The molecule has 0 atom stereocenters. The van der Waals surface area contributed by atoms with Gasteiger partial charge in [0.15, 0.2) is 0 Å². The van der Waals surface area contributed by atoms with E-state index in [4.69, 9.17) is 0 Å². The van der Waals surface area contributed by atoms with Gasteiger partial charge >= 0.3 is 0 Å². The molecule has 0 aliphatic heterocycles. The van der Waals surface area contributed by atoms with Gasteiger partial charge in [0.1, 0.15) is 0 Å². The summed E-state index contributed by atoms with van der Waals surface area (Å²) in [5.74, 6) is 0. The summed E-state index contributed by atoms with van der Waals surface area (Å²) >= 11 is 0. The first-order valence-corrected chi connectivity index (χ1v) is 7.97. The van der Waals surface area contributed by atoms with Crippen molar-refractivity contribution in [2.75, 3.05) is 0 Å². The minimum absolute atomic E-state index is 0.212. The predicted molar refractivity (Wildman–Crippen MR) is 67.3 cm³/mol. The van der Waals surface area contributed by atoms with Crippen molar-refractivity contribution in [2.45, 2.75) is 77.2 Å². The van der Waals surface area contributed by atoms with E-state index >= 15 is 0 Å². The Balaban J connectivity index is 5.54. The smallest absolute Gasteiger partial charge is 0.0979 e. The first-order valence-electron chi connectivity index (χ1n) is 5.47. The number of hydrogen-bond donors (Lipinski definition) is 1. The standard InChI is InChI=1S/C12H28OSi/c1-10(2,3)14(9,11(4,5)6)12(7,8)13/h13H,1-9H3. The minimum Gasteiger partial charge on any atom is -0.394 e. The number of rotatable bonds is 1. The van der Waals surface area contributed by atoms with Crippen molar-refractivity contribution in [2.24, 2.45) is 0 Å². The van der Waals surface area contributed by atoms with E-state index in [1.54, 1.807) is 0 Å². The fourth-order valence-corrected chi connectivity index (χ4v) is 8.88. The van der Waals surface area contributed by atoms with Crippen molar-refractivity contribution in [3.63, 3.8) is 0 Å². The highest BCUT2D eigenvalue weighted by atomic mass is 28.3. The molecule has 0 bridgehead atoms. The molecule has 86 valence electrons. The second kappa shape index (κ2) is 3.34. The Labute approximate surface area is 90.9 Å². The molecule has 0 saturated heterocycles. The lowest BCUT2D eigenvalue weighted by atomic mass is 10.2. The van der Waals surface area contributed by atoms with Crippen LogP contribution < -0.4 is 0 Å². The van der Waals surface area contributed by atoms with Crippen LogP contribution in [0.5, 0.6) is 0 Å². The lowest BCUT2D eigenvalue weighted by Gasteiger charge is -2.56.